The Kier molecular flexibility index (Phi) is 34.1. The maximum Gasteiger partial charge on any atom is 0.338 e. The van der Waals surface area contributed by atoms with Crippen molar-refractivity contribution in [3.63, 3.8) is 0 Å². The third-order valence-electron chi connectivity index (χ3n) is 13.0. The van der Waals surface area contributed by atoms with Crippen molar-refractivity contribution in [2.75, 3.05) is 26.4 Å². The number of benzene rings is 2. The van der Waals surface area contributed by atoms with E-state index in [1.807, 2.05) is 6.08 Å². The van der Waals surface area contributed by atoms with Crippen LogP contribution in [-0.2, 0) is 42.8 Å². The van der Waals surface area contributed by atoms with Gasteiger partial charge < -0.3 is 49.1 Å². The number of aliphatic hydroxyl groups excluding tert-OH is 1. The molecular weight excluding hydrogens is 935 g/mol. The van der Waals surface area contributed by atoms with Crippen LogP contribution < -0.4 is 5.32 Å². The topological polar surface area (TPSA) is 213 Å². The molecule has 1 heterocycles. The van der Waals surface area contributed by atoms with Crippen LogP contribution in [0.2, 0.25) is 0 Å². The Morgan fingerprint density at radius 3 is 1.59 bits per heavy atom. The van der Waals surface area contributed by atoms with Crippen molar-refractivity contribution >= 4 is 29.8 Å². The maximum atomic E-state index is 13.8. The molecule has 0 aromatic heterocycles. The smallest absolute Gasteiger partial charge is 0.338 e. The average molecular weight is 1020 g/mol. The molecule has 3 rings (SSSR count). The molecule has 0 radical (unpaired) electrons. The first-order valence-electron chi connectivity index (χ1n) is 27.6. The number of unbranched alkanes of at least 4 members (excludes halogenated alkanes) is 23. The average Bonchev–Trinajstić information content (AvgIpc) is 3.38. The van der Waals surface area contributed by atoms with Crippen LogP contribution in [0.3, 0.4) is 0 Å². The number of esters is 2. The summed E-state index contributed by atoms with van der Waals surface area (Å²) in [5.74, 6) is -4.44. The highest BCUT2D eigenvalue weighted by Crippen LogP contribution is 2.29. The summed E-state index contributed by atoms with van der Waals surface area (Å²) in [7, 11) is 0. The zero-order valence-electron chi connectivity index (χ0n) is 44.0. The normalized spacial score (nSPS) is 18.5. The van der Waals surface area contributed by atoms with Gasteiger partial charge in [0.25, 0.3) is 0 Å². The molecule has 73 heavy (non-hydrogen) atoms. The molecule has 2 aromatic carbocycles. The molecule has 7 atom stereocenters. The molecule has 0 spiro atoms. The fraction of sp³-hybridized carbons (Fsp3) is 0.672. The molecule has 15 nitrogen and oxygen atoms in total. The van der Waals surface area contributed by atoms with E-state index in [0.29, 0.717) is 18.4 Å². The van der Waals surface area contributed by atoms with E-state index in [4.69, 9.17) is 28.4 Å². The van der Waals surface area contributed by atoms with Gasteiger partial charge in [0.1, 0.15) is 37.6 Å². The predicted molar refractivity (Wildman–Crippen MR) is 280 cm³/mol. The van der Waals surface area contributed by atoms with Crippen LogP contribution in [-0.4, -0.2) is 114 Å². The SMILES string of the molecule is CCCCCCCCCCCCC/C=C/[C@@H](OC(=O)c1ccccc1)[C@H](CO[C@@H]1O[C@H](COCC(=O)O)[C@H](OCC(=O)O)[C@H](OC(=O)c2ccccc2)[C@H]1O)NC(=O)CCCCCCCCCCCCCCC. The molecule has 15 heteroatoms. The van der Waals surface area contributed by atoms with E-state index >= 15 is 0 Å². The Morgan fingerprint density at radius 1 is 0.603 bits per heavy atom. The van der Waals surface area contributed by atoms with Crippen molar-refractivity contribution in [1.82, 2.24) is 5.32 Å². The van der Waals surface area contributed by atoms with Crippen molar-refractivity contribution in [2.24, 2.45) is 0 Å². The summed E-state index contributed by atoms with van der Waals surface area (Å²) in [6, 6.07) is 15.4. The van der Waals surface area contributed by atoms with Gasteiger partial charge in [-0.25, -0.2) is 19.2 Å². The standard InChI is InChI=1S/C58H89NO14/c1-3-5-7-9-11-13-15-17-19-21-23-25-33-39-48(71-56(66)45-35-29-27-30-36-45)47(59-50(60)40-34-26-24-22-20-18-16-14-12-10-8-6-4-2)41-70-58-53(65)55(73-57(67)46-37-31-28-32-38-46)54(69-44-52(63)64)49(72-58)42-68-43-51(61)62/h27-33,35-39,47-49,53-55,58,65H,3-26,34,40-44H2,1-2H3,(H,59,60)(H,61,62)(H,63,64)/b39-33+/t47-,48+,49+,53+,54-,55+,58+/m0/s1. The first-order chi connectivity index (χ1) is 35.5. The maximum absolute atomic E-state index is 13.8. The number of rotatable bonds is 43. The molecule has 410 valence electrons. The number of aliphatic carboxylic acids is 2. The van der Waals surface area contributed by atoms with Gasteiger partial charge in [-0.05, 0) is 49.6 Å². The molecule has 1 saturated heterocycles. The number of carbonyl (C=O) groups is 5. The number of carbonyl (C=O) groups excluding carboxylic acids is 3. The van der Waals surface area contributed by atoms with Crippen LogP contribution in [0.25, 0.3) is 0 Å². The molecule has 4 N–H and O–H groups in total. The Labute approximate surface area is 435 Å². The van der Waals surface area contributed by atoms with E-state index in [9.17, 15) is 39.3 Å². The lowest BCUT2D eigenvalue weighted by Crippen LogP contribution is -2.62. The minimum absolute atomic E-state index is 0.128. The van der Waals surface area contributed by atoms with Gasteiger partial charge in [-0.15, -0.1) is 0 Å². The third-order valence-corrected chi connectivity index (χ3v) is 13.0. The minimum Gasteiger partial charge on any atom is -0.480 e. The quantitative estimate of drug-likeness (QED) is 0.0276. The highest BCUT2D eigenvalue weighted by molar-refractivity contribution is 5.90. The van der Waals surface area contributed by atoms with E-state index in [0.717, 1.165) is 38.5 Å². The molecule has 0 unspecified atom stereocenters. The summed E-state index contributed by atoms with van der Waals surface area (Å²) in [6.07, 6.45) is 24.0. The van der Waals surface area contributed by atoms with Gasteiger partial charge >= 0.3 is 23.9 Å². The zero-order valence-corrected chi connectivity index (χ0v) is 44.0. The summed E-state index contributed by atoms with van der Waals surface area (Å²) >= 11 is 0. The second kappa shape index (κ2) is 39.7. The molecule has 0 bridgehead atoms. The first-order valence-corrected chi connectivity index (χ1v) is 27.6. The van der Waals surface area contributed by atoms with Crippen molar-refractivity contribution in [2.45, 2.75) is 224 Å². The number of allylic oxidation sites excluding steroid dienone is 1. The lowest BCUT2D eigenvalue weighted by Gasteiger charge is -2.43. The largest absolute Gasteiger partial charge is 0.480 e. The highest BCUT2D eigenvalue weighted by atomic mass is 16.7. The molecule has 1 fully saturated rings. The summed E-state index contributed by atoms with van der Waals surface area (Å²) in [4.78, 5) is 64.1. The number of carboxylic acids is 2. The van der Waals surface area contributed by atoms with Crippen molar-refractivity contribution in [1.29, 1.82) is 0 Å². The van der Waals surface area contributed by atoms with E-state index in [2.05, 4.69) is 19.2 Å². The van der Waals surface area contributed by atoms with Gasteiger partial charge in [-0.1, -0.05) is 198 Å². The van der Waals surface area contributed by atoms with Crippen molar-refractivity contribution < 1.29 is 67.7 Å². The number of ether oxygens (including phenoxy) is 6. The van der Waals surface area contributed by atoms with Gasteiger partial charge in [0.2, 0.25) is 5.91 Å². The van der Waals surface area contributed by atoms with Crippen LogP contribution in [0, 0.1) is 0 Å². The number of carboxylic acid groups (broad SMARTS) is 2. The molecule has 1 aliphatic rings. The van der Waals surface area contributed by atoms with Gasteiger partial charge in [0.05, 0.1) is 30.4 Å². The Bertz CT molecular complexity index is 1810. The lowest BCUT2D eigenvalue weighted by atomic mass is 9.98. The molecular formula is C58H89NO14. The second-order valence-electron chi connectivity index (χ2n) is 19.3. The van der Waals surface area contributed by atoms with Crippen LogP contribution in [0.1, 0.15) is 202 Å². The number of aliphatic hydroxyl groups is 1. The fourth-order valence-corrected chi connectivity index (χ4v) is 8.88. The second-order valence-corrected chi connectivity index (χ2v) is 19.3. The summed E-state index contributed by atoms with van der Waals surface area (Å²) in [5.41, 5.74) is 0.429. The molecule has 1 aliphatic heterocycles. The van der Waals surface area contributed by atoms with E-state index in [1.165, 1.54) is 121 Å². The first kappa shape index (κ1) is 62.6. The van der Waals surface area contributed by atoms with Crippen LogP contribution in [0.5, 0.6) is 0 Å². The summed E-state index contributed by atoms with van der Waals surface area (Å²) in [6.45, 7) is 1.96. The Hall–Kier alpha value is -4.67. The molecule has 0 aliphatic carbocycles. The van der Waals surface area contributed by atoms with Crippen LogP contribution >= 0.6 is 0 Å². The van der Waals surface area contributed by atoms with E-state index < -0.39 is 86.5 Å². The number of amides is 1. The Balaban J connectivity index is 1.82. The van der Waals surface area contributed by atoms with Crippen LogP contribution in [0.15, 0.2) is 72.8 Å². The molecule has 1 amide bonds. The van der Waals surface area contributed by atoms with Gasteiger partial charge in [-0.2, -0.15) is 0 Å². The zero-order chi connectivity index (χ0) is 52.7. The number of hydrogen-bond acceptors (Lipinski definition) is 12. The van der Waals surface area contributed by atoms with Crippen LogP contribution in [0.4, 0.5) is 0 Å². The van der Waals surface area contributed by atoms with Gasteiger partial charge in [0.15, 0.2) is 12.4 Å². The molecule has 0 saturated carbocycles. The monoisotopic (exact) mass is 1020 g/mol. The van der Waals surface area contributed by atoms with Crippen molar-refractivity contribution in [3.05, 3.63) is 83.9 Å². The minimum atomic E-state index is -1.80. The van der Waals surface area contributed by atoms with Gasteiger partial charge in [-0.3, -0.25) is 4.79 Å². The summed E-state index contributed by atoms with van der Waals surface area (Å²) < 4.78 is 35.3. The number of nitrogens with one attached hydrogen (secondary N) is 1. The number of hydrogen-bond donors (Lipinski definition) is 4. The summed E-state index contributed by atoms with van der Waals surface area (Å²) in [5, 5.41) is 33.8. The highest BCUT2D eigenvalue weighted by Gasteiger charge is 2.50. The lowest BCUT2D eigenvalue weighted by molar-refractivity contribution is -0.309. The third kappa shape index (κ3) is 28.0. The van der Waals surface area contributed by atoms with Gasteiger partial charge in [0, 0.05) is 6.42 Å². The van der Waals surface area contributed by atoms with Crippen molar-refractivity contribution in [3.8, 4) is 0 Å². The fourth-order valence-electron chi connectivity index (χ4n) is 8.88. The predicted octanol–water partition coefficient (Wildman–Crippen LogP) is 11.3. The molecule has 2 aromatic rings. The van der Waals surface area contributed by atoms with E-state index in [-0.39, 0.29) is 24.5 Å². The van der Waals surface area contributed by atoms with E-state index in [1.54, 1.807) is 54.6 Å². The Morgan fingerprint density at radius 2 is 1.08 bits per heavy atom.